The summed E-state index contributed by atoms with van der Waals surface area (Å²) in [5, 5.41) is 20.1. The van der Waals surface area contributed by atoms with Gasteiger partial charge in [0.15, 0.2) is 5.78 Å². The first-order valence-electron chi connectivity index (χ1n) is 9.76. The Labute approximate surface area is 195 Å². The van der Waals surface area contributed by atoms with Crippen molar-refractivity contribution in [2.24, 2.45) is 0 Å². The number of hydrogen-bond acceptors (Lipinski definition) is 6. The molecule has 2 atom stereocenters. The molecule has 0 heterocycles. The van der Waals surface area contributed by atoms with Crippen molar-refractivity contribution in [1.29, 1.82) is 0 Å². The monoisotopic (exact) mass is 631 g/mol. The molecule has 0 spiro atoms. The molecule has 0 bridgehead atoms. The zero-order chi connectivity index (χ0) is 23.4. The van der Waals surface area contributed by atoms with Gasteiger partial charge in [-0.05, 0) is 13.3 Å². The first-order valence-corrected chi connectivity index (χ1v) is 11.2. The van der Waals surface area contributed by atoms with Gasteiger partial charge < -0.3 is 15.5 Å². The first kappa shape index (κ1) is 26.7. The van der Waals surface area contributed by atoms with Gasteiger partial charge in [-0.15, -0.1) is 0 Å². The Bertz CT molecular complexity index is 793. The predicted octanol–water partition coefficient (Wildman–Crippen LogP) is 1.53. The third-order valence-corrected chi connectivity index (χ3v) is 5.45. The number of carbonyl (C=O) groups is 5. The minimum Gasteiger partial charge on any atom is -0.479 e. The van der Waals surface area contributed by atoms with Crippen LogP contribution in [0.15, 0.2) is 24.3 Å². The Kier molecular flexibility index (Phi) is 11.9. The second-order valence-electron chi connectivity index (χ2n) is 7.03. The van der Waals surface area contributed by atoms with E-state index in [1.165, 1.54) is 10.2 Å². The van der Waals surface area contributed by atoms with Crippen molar-refractivity contribution in [1.82, 2.24) is 5.32 Å². The summed E-state index contributed by atoms with van der Waals surface area (Å²) in [6.07, 6.45) is -1.76. The molecule has 9 nitrogen and oxygen atoms in total. The van der Waals surface area contributed by atoms with Crippen LogP contribution in [-0.4, -0.2) is 52.0 Å². The van der Waals surface area contributed by atoms with E-state index in [0.29, 0.717) is 6.42 Å². The Morgan fingerprint density at radius 2 is 1.65 bits per heavy atom. The predicted molar refractivity (Wildman–Crippen MR) is 106 cm³/mol. The van der Waals surface area contributed by atoms with E-state index in [4.69, 9.17) is 9.84 Å². The van der Waals surface area contributed by atoms with Gasteiger partial charge in [-0.3, -0.25) is 9.59 Å². The number of carbonyl (C=O) groups excluding carboxylic acids is 3. The number of Topliss-reactive ketones (excluding diaryl/α,β-unsaturated/α-hetero) is 2. The van der Waals surface area contributed by atoms with E-state index in [9.17, 15) is 29.1 Å². The number of aryl methyl sites for hydroxylation is 1. The van der Waals surface area contributed by atoms with Crippen LogP contribution >= 0.6 is 0 Å². The quantitative estimate of drug-likeness (QED) is 0.280. The molecule has 170 valence electrons. The summed E-state index contributed by atoms with van der Waals surface area (Å²) in [6.45, 7) is 1.18. The summed E-state index contributed by atoms with van der Waals surface area (Å²) in [7, 11) is 0. The number of rotatable bonds is 14. The van der Waals surface area contributed by atoms with E-state index in [1.54, 1.807) is 24.7 Å². The summed E-state index contributed by atoms with van der Waals surface area (Å²) in [5.74, 6) is -3.15. The van der Waals surface area contributed by atoms with Crippen LogP contribution in [0.25, 0.3) is 0 Å². The minimum absolute atomic E-state index is 0.0600. The molecule has 1 aromatic rings. The van der Waals surface area contributed by atoms with E-state index in [2.05, 4.69) is 5.32 Å². The zero-order valence-electron chi connectivity index (χ0n) is 17.1. The topological polar surface area (TPSA) is 147 Å². The van der Waals surface area contributed by atoms with Gasteiger partial charge in [-0.25, -0.2) is 9.59 Å². The summed E-state index contributed by atoms with van der Waals surface area (Å²) in [4.78, 5) is 57.5. The molecule has 31 heavy (non-hydrogen) atoms. The third kappa shape index (κ3) is 11.6. The van der Waals surface area contributed by atoms with Gasteiger partial charge in [-0.1, -0.05) is 0 Å². The standard InChI is InChI=1S/C21H26AtNO8/c1-13(24)17(10-12-19(26)27)23-21(30)31-18(20(28)29)11-9-16(25)4-2-3-14-5-7-15(22)8-6-14/h5-8,17-18H,2-4,9-12H2,1H3,(H,23,30)(H,26,27)(H,28,29)/t17-,18-/m0/s1/i22+1. The van der Waals surface area contributed by atoms with Gasteiger partial charge in [-0.2, -0.15) is 0 Å². The molecule has 10 heteroatoms. The van der Waals surface area contributed by atoms with E-state index in [-0.39, 0.29) is 37.9 Å². The average Bonchev–Trinajstić information content (AvgIpc) is 2.69. The molecule has 1 rings (SSSR count). The van der Waals surface area contributed by atoms with Crippen molar-refractivity contribution in [3.05, 3.63) is 29.8 Å². The number of ether oxygens (including phenoxy) is 1. The molecule has 0 saturated heterocycles. The molecular weight excluding hydrogens is 605 g/mol. The second kappa shape index (κ2) is 13.9. The molecule has 0 aliphatic rings. The number of alkyl carbamates (subject to hydrolysis) is 1. The smallest absolute Gasteiger partial charge is 0.479 e. The SMILES string of the molecule is CC(=O)[C@H](CCC(=O)O)NC(=O)O[C@@H](CCC(=O)CCCc1ccc([211At])cc1)C(=O)O. The first-order chi connectivity index (χ1) is 14.6. The Morgan fingerprint density at radius 1 is 1.00 bits per heavy atom. The molecular formula is C21H26AtNO8. The van der Waals surface area contributed by atoms with E-state index in [0.717, 1.165) is 12.0 Å². The Hall–Kier alpha value is -2.35. The molecule has 3 N–H and O–H groups in total. The molecule has 0 unspecified atom stereocenters. The molecule has 1 amide bonds. The molecule has 1 aromatic carbocycles. The van der Waals surface area contributed by atoms with Crippen LogP contribution < -0.4 is 8.59 Å². The Balaban J connectivity index is 2.44. The second-order valence-corrected chi connectivity index (χ2v) is 8.73. The molecule has 0 radical (unpaired) electrons. The van der Waals surface area contributed by atoms with Gasteiger partial charge in [0.05, 0.1) is 6.04 Å². The van der Waals surface area contributed by atoms with Crippen molar-refractivity contribution in [3.63, 3.8) is 0 Å². The van der Waals surface area contributed by atoms with Crippen LogP contribution in [0.5, 0.6) is 0 Å². The molecule has 0 aliphatic carbocycles. The van der Waals surface area contributed by atoms with Crippen molar-refractivity contribution >= 4 is 32.9 Å². The van der Waals surface area contributed by atoms with Crippen LogP contribution in [0.4, 0.5) is 4.79 Å². The van der Waals surface area contributed by atoms with Crippen LogP contribution in [0.2, 0.25) is 0 Å². The van der Waals surface area contributed by atoms with Crippen LogP contribution in [0.1, 0.15) is 51.0 Å². The van der Waals surface area contributed by atoms with Gasteiger partial charge >= 0.3 is 129 Å². The van der Waals surface area contributed by atoms with Gasteiger partial charge in [0.2, 0.25) is 0 Å². The average molecular weight is 631 g/mol. The summed E-state index contributed by atoms with van der Waals surface area (Å²) >= 11 is 1.59. The fourth-order valence-electron chi connectivity index (χ4n) is 2.74. The normalized spacial score (nSPS) is 12.5. The number of carboxylic acids is 2. The van der Waals surface area contributed by atoms with E-state index in [1.807, 2.05) is 24.3 Å². The molecule has 0 aliphatic heterocycles. The number of benzene rings is 1. The van der Waals surface area contributed by atoms with Gasteiger partial charge in [0.25, 0.3) is 0 Å². The number of carboxylic acid groups (broad SMARTS) is 2. The third-order valence-electron chi connectivity index (χ3n) is 4.47. The molecule has 0 aromatic heterocycles. The molecule has 0 saturated carbocycles. The van der Waals surface area contributed by atoms with E-state index < -0.39 is 36.0 Å². The molecule has 0 fully saturated rings. The van der Waals surface area contributed by atoms with Crippen molar-refractivity contribution in [3.8, 4) is 0 Å². The van der Waals surface area contributed by atoms with Crippen molar-refractivity contribution in [2.75, 3.05) is 0 Å². The summed E-state index contributed by atoms with van der Waals surface area (Å²) in [5.41, 5.74) is 1.12. The van der Waals surface area contributed by atoms with Crippen LogP contribution in [0.3, 0.4) is 0 Å². The minimum atomic E-state index is -1.55. The number of ketones is 2. The number of aliphatic carboxylic acids is 2. The number of hydrogen-bond donors (Lipinski definition) is 3. The summed E-state index contributed by atoms with van der Waals surface area (Å²) < 4.78 is 6.04. The zero-order valence-corrected chi connectivity index (χ0v) is 20.1. The fourth-order valence-corrected chi connectivity index (χ4v) is 3.23. The van der Waals surface area contributed by atoms with Gasteiger partial charge in [0, 0.05) is 6.42 Å². The fraction of sp³-hybridized carbons (Fsp3) is 0.476. The van der Waals surface area contributed by atoms with Gasteiger partial charge in [0.1, 0.15) is 0 Å². The van der Waals surface area contributed by atoms with Crippen molar-refractivity contribution in [2.45, 2.75) is 64.0 Å². The van der Waals surface area contributed by atoms with Crippen LogP contribution in [0, 0.1) is 24.7 Å². The van der Waals surface area contributed by atoms with Crippen molar-refractivity contribution < 1.29 is 63.6 Å². The Morgan fingerprint density at radius 3 is 2.19 bits per heavy atom. The number of amides is 1. The van der Waals surface area contributed by atoms with E-state index >= 15 is 0 Å². The summed E-state index contributed by atoms with van der Waals surface area (Å²) in [6, 6.07) is 6.97. The maximum atomic E-state index is 12.1. The maximum absolute atomic E-state index is 12.1. The number of nitrogens with one attached hydrogen (secondary N) is 1. The van der Waals surface area contributed by atoms with Crippen LogP contribution in [-0.2, 0) is 30.3 Å².